The molecule has 2 aromatic rings. The number of H-pyrrole nitrogens is 1. The van der Waals surface area contributed by atoms with Crippen LogP contribution in [-0.4, -0.2) is 47.4 Å². The van der Waals surface area contributed by atoms with Gasteiger partial charge < -0.3 is 16.0 Å². The van der Waals surface area contributed by atoms with E-state index in [0.717, 1.165) is 36.8 Å². The molecule has 1 saturated heterocycles. The normalized spacial score (nSPS) is 16.7. The molecule has 2 amide bonds. The third-order valence-electron chi connectivity index (χ3n) is 4.08. The molecule has 116 valence electrons. The molecule has 0 spiro atoms. The van der Waals surface area contributed by atoms with Gasteiger partial charge in [-0.2, -0.15) is 0 Å². The number of nitrogens with zero attached hydrogens (tertiary/aromatic N) is 1. The molecule has 22 heavy (non-hydrogen) atoms. The van der Waals surface area contributed by atoms with Gasteiger partial charge in [-0.3, -0.25) is 14.5 Å². The van der Waals surface area contributed by atoms with E-state index in [2.05, 4.69) is 10.3 Å². The number of para-hydroxylation sites is 1. The van der Waals surface area contributed by atoms with E-state index in [1.54, 1.807) is 0 Å². The monoisotopic (exact) mass is 300 g/mol. The molecule has 3 rings (SSSR count). The van der Waals surface area contributed by atoms with E-state index in [4.69, 9.17) is 5.73 Å². The number of likely N-dealkylation sites (tertiary alicyclic amines) is 1. The number of nitrogens with two attached hydrogens (primary N) is 1. The maximum Gasteiger partial charge on any atom is 0.267 e. The SMILES string of the molecule is NC(=O)CN1CCC(NC(=O)c2cc3ccccc3[nH]2)CC1. The highest BCUT2D eigenvalue weighted by molar-refractivity contribution is 5.98. The molecule has 6 nitrogen and oxygen atoms in total. The predicted molar refractivity (Wildman–Crippen MR) is 84.4 cm³/mol. The quantitative estimate of drug-likeness (QED) is 0.781. The Morgan fingerprint density at radius 3 is 2.68 bits per heavy atom. The number of carbonyl (C=O) groups excluding carboxylic acids is 2. The topological polar surface area (TPSA) is 91.2 Å². The molecule has 0 radical (unpaired) electrons. The van der Waals surface area contributed by atoms with Crippen LogP contribution in [0.25, 0.3) is 10.9 Å². The van der Waals surface area contributed by atoms with Gasteiger partial charge in [-0.25, -0.2) is 0 Å². The number of benzene rings is 1. The zero-order chi connectivity index (χ0) is 15.5. The van der Waals surface area contributed by atoms with Crippen molar-refractivity contribution in [1.82, 2.24) is 15.2 Å². The van der Waals surface area contributed by atoms with Crippen molar-refractivity contribution in [2.24, 2.45) is 5.73 Å². The van der Waals surface area contributed by atoms with Gasteiger partial charge in [0.1, 0.15) is 5.69 Å². The fraction of sp³-hybridized carbons (Fsp3) is 0.375. The summed E-state index contributed by atoms with van der Waals surface area (Å²) in [5.41, 5.74) is 6.74. The number of fused-ring (bicyclic) bond motifs is 1. The summed E-state index contributed by atoms with van der Waals surface area (Å²) in [5.74, 6) is -0.384. The van der Waals surface area contributed by atoms with Gasteiger partial charge in [-0.05, 0) is 25.0 Å². The van der Waals surface area contributed by atoms with Crippen molar-refractivity contribution in [1.29, 1.82) is 0 Å². The third kappa shape index (κ3) is 3.28. The standard InChI is InChI=1S/C16H20N4O2/c17-15(21)10-20-7-5-12(6-8-20)18-16(22)14-9-11-3-1-2-4-13(11)19-14/h1-4,9,12,19H,5-8,10H2,(H2,17,21)(H,18,22). The summed E-state index contributed by atoms with van der Waals surface area (Å²) in [6.07, 6.45) is 1.67. The second kappa shape index (κ2) is 6.19. The number of hydrogen-bond donors (Lipinski definition) is 3. The molecule has 1 aromatic carbocycles. The van der Waals surface area contributed by atoms with Crippen LogP contribution in [-0.2, 0) is 4.79 Å². The molecular weight excluding hydrogens is 280 g/mol. The average Bonchev–Trinajstić information content (AvgIpc) is 2.93. The molecule has 1 fully saturated rings. The van der Waals surface area contributed by atoms with Crippen LogP contribution < -0.4 is 11.1 Å². The van der Waals surface area contributed by atoms with Gasteiger partial charge >= 0.3 is 0 Å². The van der Waals surface area contributed by atoms with Crippen molar-refractivity contribution >= 4 is 22.7 Å². The minimum Gasteiger partial charge on any atom is -0.369 e. The molecule has 0 atom stereocenters. The van der Waals surface area contributed by atoms with Crippen LogP contribution in [0.5, 0.6) is 0 Å². The lowest BCUT2D eigenvalue weighted by atomic mass is 10.0. The fourth-order valence-electron chi connectivity index (χ4n) is 2.91. The molecule has 1 aliphatic rings. The van der Waals surface area contributed by atoms with Gasteiger partial charge in [0, 0.05) is 30.0 Å². The molecular formula is C16H20N4O2. The van der Waals surface area contributed by atoms with Crippen LogP contribution in [0.1, 0.15) is 23.3 Å². The summed E-state index contributed by atoms with van der Waals surface area (Å²) >= 11 is 0. The summed E-state index contributed by atoms with van der Waals surface area (Å²) in [5, 5.41) is 4.09. The van der Waals surface area contributed by atoms with E-state index < -0.39 is 0 Å². The number of nitrogens with one attached hydrogen (secondary N) is 2. The van der Waals surface area contributed by atoms with Gasteiger partial charge in [0.05, 0.1) is 6.54 Å². The Kier molecular flexibility index (Phi) is 4.11. The van der Waals surface area contributed by atoms with Crippen molar-refractivity contribution in [3.63, 3.8) is 0 Å². The summed E-state index contributed by atoms with van der Waals surface area (Å²) in [4.78, 5) is 28.4. The van der Waals surface area contributed by atoms with Crippen molar-refractivity contribution < 1.29 is 9.59 Å². The second-order valence-corrected chi connectivity index (χ2v) is 5.76. The van der Waals surface area contributed by atoms with E-state index in [9.17, 15) is 9.59 Å². The Morgan fingerprint density at radius 1 is 1.27 bits per heavy atom. The number of primary amides is 1. The Labute approximate surface area is 128 Å². The first kappa shape index (κ1) is 14.6. The van der Waals surface area contributed by atoms with E-state index in [1.807, 2.05) is 35.2 Å². The Morgan fingerprint density at radius 2 is 2.00 bits per heavy atom. The van der Waals surface area contributed by atoms with Crippen molar-refractivity contribution in [3.05, 3.63) is 36.0 Å². The zero-order valence-electron chi connectivity index (χ0n) is 12.3. The zero-order valence-corrected chi connectivity index (χ0v) is 12.3. The minimum absolute atomic E-state index is 0.0791. The molecule has 0 bridgehead atoms. The minimum atomic E-state index is -0.305. The number of piperidine rings is 1. The maximum atomic E-state index is 12.3. The molecule has 2 heterocycles. The van der Waals surface area contributed by atoms with E-state index in [1.165, 1.54) is 0 Å². The number of hydrogen-bond acceptors (Lipinski definition) is 3. The molecule has 0 saturated carbocycles. The fourth-order valence-corrected chi connectivity index (χ4v) is 2.91. The summed E-state index contributed by atoms with van der Waals surface area (Å²) in [6.45, 7) is 1.85. The number of aromatic nitrogens is 1. The van der Waals surface area contributed by atoms with Gasteiger partial charge in [0.25, 0.3) is 5.91 Å². The first-order chi connectivity index (χ1) is 10.6. The smallest absolute Gasteiger partial charge is 0.267 e. The van der Waals surface area contributed by atoms with Crippen LogP contribution in [0, 0.1) is 0 Å². The van der Waals surface area contributed by atoms with Crippen LogP contribution in [0.2, 0.25) is 0 Å². The molecule has 0 aliphatic carbocycles. The highest BCUT2D eigenvalue weighted by Crippen LogP contribution is 2.16. The maximum absolute atomic E-state index is 12.3. The van der Waals surface area contributed by atoms with Gasteiger partial charge in [-0.1, -0.05) is 18.2 Å². The summed E-state index contributed by atoms with van der Waals surface area (Å²) in [6, 6.07) is 9.83. The average molecular weight is 300 g/mol. The Bertz CT molecular complexity index is 653. The van der Waals surface area contributed by atoms with E-state index in [-0.39, 0.29) is 17.9 Å². The number of rotatable bonds is 4. The number of carbonyl (C=O) groups is 2. The molecule has 0 unspecified atom stereocenters. The van der Waals surface area contributed by atoms with Gasteiger partial charge in [0.15, 0.2) is 0 Å². The van der Waals surface area contributed by atoms with Gasteiger partial charge in [-0.15, -0.1) is 0 Å². The largest absolute Gasteiger partial charge is 0.369 e. The molecule has 1 aliphatic heterocycles. The third-order valence-corrected chi connectivity index (χ3v) is 4.08. The lowest BCUT2D eigenvalue weighted by Crippen LogP contribution is -2.46. The predicted octanol–water partition coefficient (Wildman–Crippen LogP) is 0.847. The first-order valence-electron chi connectivity index (χ1n) is 7.51. The van der Waals surface area contributed by atoms with E-state index >= 15 is 0 Å². The lowest BCUT2D eigenvalue weighted by molar-refractivity contribution is -0.119. The highest BCUT2D eigenvalue weighted by atomic mass is 16.2. The molecule has 6 heteroatoms. The van der Waals surface area contributed by atoms with Crippen LogP contribution in [0.15, 0.2) is 30.3 Å². The van der Waals surface area contributed by atoms with Crippen LogP contribution in [0.4, 0.5) is 0 Å². The first-order valence-corrected chi connectivity index (χ1v) is 7.51. The van der Waals surface area contributed by atoms with Crippen LogP contribution in [0.3, 0.4) is 0 Å². The lowest BCUT2D eigenvalue weighted by Gasteiger charge is -2.31. The van der Waals surface area contributed by atoms with E-state index in [0.29, 0.717) is 12.2 Å². The van der Waals surface area contributed by atoms with Crippen molar-refractivity contribution in [2.45, 2.75) is 18.9 Å². The second-order valence-electron chi connectivity index (χ2n) is 5.76. The molecule has 4 N–H and O–H groups in total. The Balaban J connectivity index is 1.57. The number of amides is 2. The van der Waals surface area contributed by atoms with Crippen molar-refractivity contribution in [2.75, 3.05) is 19.6 Å². The summed E-state index contributed by atoms with van der Waals surface area (Å²) < 4.78 is 0. The molecule has 1 aromatic heterocycles. The summed E-state index contributed by atoms with van der Waals surface area (Å²) in [7, 11) is 0. The Hall–Kier alpha value is -2.34. The highest BCUT2D eigenvalue weighted by Gasteiger charge is 2.22. The van der Waals surface area contributed by atoms with Crippen LogP contribution >= 0.6 is 0 Å². The van der Waals surface area contributed by atoms with Gasteiger partial charge in [0.2, 0.25) is 5.91 Å². The van der Waals surface area contributed by atoms with Crippen molar-refractivity contribution in [3.8, 4) is 0 Å². The number of aromatic amines is 1.